The van der Waals surface area contributed by atoms with Gasteiger partial charge in [-0.25, -0.2) is 0 Å². The van der Waals surface area contributed by atoms with E-state index in [-0.39, 0.29) is 11.3 Å². The molecule has 5 nitrogen and oxygen atoms in total. The minimum absolute atomic E-state index is 0.0567. The highest BCUT2D eigenvalue weighted by Crippen LogP contribution is 2.26. The molecule has 1 aliphatic rings. The molecular weight excluding hydrogens is 228 g/mol. The maximum atomic E-state index is 11.8. The lowest BCUT2D eigenvalue weighted by atomic mass is 9.81. The van der Waals surface area contributed by atoms with Gasteiger partial charge in [-0.1, -0.05) is 6.92 Å². The molecule has 0 saturated carbocycles. The molecule has 2 rings (SSSR count). The largest absolute Gasteiger partial charge is 0.355 e. The molecule has 2 heterocycles. The zero-order chi connectivity index (χ0) is 13.0. The van der Waals surface area contributed by atoms with Crippen molar-refractivity contribution in [3.63, 3.8) is 0 Å². The Morgan fingerprint density at radius 3 is 2.83 bits per heavy atom. The lowest BCUT2D eigenvalue weighted by Gasteiger charge is -2.34. The Morgan fingerprint density at radius 2 is 2.22 bits per heavy atom. The quantitative estimate of drug-likeness (QED) is 0.739. The molecule has 1 aromatic rings. The number of nitrogens with zero attached hydrogens (tertiary/aromatic N) is 1. The maximum Gasteiger partial charge on any atom is 0.226 e. The van der Waals surface area contributed by atoms with Crippen LogP contribution >= 0.6 is 0 Å². The number of aromatic amines is 1. The van der Waals surface area contributed by atoms with Crippen molar-refractivity contribution < 1.29 is 4.79 Å². The molecule has 0 aromatic carbocycles. The number of carbonyl (C=O) groups is 1. The summed E-state index contributed by atoms with van der Waals surface area (Å²) in [6.07, 6.45) is 2.60. The second-order valence-corrected chi connectivity index (χ2v) is 5.56. The molecule has 1 fully saturated rings. The van der Waals surface area contributed by atoms with Crippen LogP contribution in [0, 0.1) is 12.3 Å². The molecule has 0 aliphatic carbocycles. The van der Waals surface area contributed by atoms with Gasteiger partial charge in [-0.05, 0) is 44.3 Å². The minimum Gasteiger partial charge on any atom is -0.355 e. The maximum absolute atomic E-state index is 11.8. The highest BCUT2D eigenvalue weighted by molar-refractivity contribution is 5.78. The van der Waals surface area contributed by atoms with Crippen molar-refractivity contribution in [2.24, 2.45) is 5.41 Å². The summed E-state index contributed by atoms with van der Waals surface area (Å²) in [5, 5.41) is 13.3. The van der Waals surface area contributed by atoms with Crippen LogP contribution < -0.4 is 10.6 Å². The summed E-state index contributed by atoms with van der Waals surface area (Å²) in [5.74, 6) is 0.0567. The van der Waals surface area contributed by atoms with E-state index in [1.807, 2.05) is 13.0 Å². The van der Waals surface area contributed by atoms with Gasteiger partial charge >= 0.3 is 0 Å². The Hall–Kier alpha value is -1.36. The van der Waals surface area contributed by atoms with Crippen LogP contribution in [-0.4, -0.2) is 35.7 Å². The average Bonchev–Trinajstić information content (AvgIpc) is 2.73. The first kappa shape index (κ1) is 13.1. The fraction of sp³-hybridized carbons (Fsp3) is 0.692. The molecule has 0 bridgehead atoms. The summed E-state index contributed by atoms with van der Waals surface area (Å²) in [7, 11) is 0. The minimum atomic E-state index is 0.0567. The summed E-state index contributed by atoms with van der Waals surface area (Å²) in [6.45, 7) is 7.03. The van der Waals surface area contributed by atoms with E-state index in [0.717, 1.165) is 43.9 Å². The third-order valence-electron chi connectivity index (χ3n) is 3.62. The Balaban J connectivity index is 1.77. The van der Waals surface area contributed by atoms with Crippen molar-refractivity contribution in [2.45, 2.75) is 33.1 Å². The predicted molar refractivity (Wildman–Crippen MR) is 70.2 cm³/mol. The molecule has 0 unspecified atom stereocenters. The van der Waals surface area contributed by atoms with Gasteiger partial charge in [0.15, 0.2) is 0 Å². The normalized spacial score (nSPS) is 18.6. The highest BCUT2D eigenvalue weighted by Gasteiger charge is 2.26. The molecule has 1 aromatic heterocycles. The zero-order valence-electron chi connectivity index (χ0n) is 11.2. The van der Waals surface area contributed by atoms with Crippen LogP contribution in [-0.2, 0) is 11.2 Å². The number of nitrogens with one attached hydrogen (secondary N) is 3. The Morgan fingerprint density at radius 1 is 1.50 bits per heavy atom. The van der Waals surface area contributed by atoms with Crippen LogP contribution in [0.4, 0.5) is 0 Å². The Labute approximate surface area is 108 Å². The second kappa shape index (κ2) is 5.52. The number of hydrogen-bond acceptors (Lipinski definition) is 3. The monoisotopic (exact) mass is 250 g/mol. The molecule has 1 saturated heterocycles. The molecule has 100 valence electrons. The molecule has 1 amide bonds. The molecule has 18 heavy (non-hydrogen) atoms. The van der Waals surface area contributed by atoms with E-state index in [1.165, 1.54) is 0 Å². The summed E-state index contributed by atoms with van der Waals surface area (Å²) >= 11 is 0. The van der Waals surface area contributed by atoms with Gasteiger partial charge in [0.1, 0.15) is 0 Å². The summed E-state index contributed by atoms with van der Waals surface area (Å²) in [6, 6.07) is 1.91. The van der Waals surface area contributed by atoms with Gasteiger partial charge in [-0.2, -0.15) is 5.10 Å². The standard InChI is InChI=1S/C13H22N4O/c1-10-7-11(17-16-10)8-12(18)15-9-13(2)3-5-14-6-4-13/h7,14H,3-6,8-9H2,1-2H3,(H,15,18)(H,16,17). The molecule has 1 aliphatic heterocycles. The van der Waals surface area contributed by atoms with Crippen molar-refractivity contribution in [1.29, 1.82) is 0 Å². The van der Waals surface area contributed by atoms with Crippen LogP contribution in [0.5, 0.6) is 0 Å². The van der Waals surface area contributed by atoms with Gasteiger partial charge in [-0.15, -0.1) is 0 Å². The third kappa shape index (κ3) is 3.57. The SMILES string of the molecule is Cc1cc(CC(=O)NCC2(C)CCNCC2)n[nH]1. The number of rotatable bonds is 4. The van der Waals surface area contributed by atoms with Gasteiger partial charge < -0.3 is 10.6 Å². The number of aryl methyl sites for hydroxylation is 1. The third-order valence-corrected chi connectivity index (χ3v) is 3.62. The van der Waals surface area contributed by atoms with Gasteiger partial charge in [0.05, 0.1) is 12.1 Å². The van der Waals surface area contributed by atoms with Crippen molar-refractivity contribution >= 4 is 5.91 Å². The van der Waals surface area contributed by atoms with E-state index in [4.69, 9.17) is 0 Å². The second-order valence-electron chi connectivity index (χ2n) is 5.56. The van der Waals surface area contributed by atoms with Crippen molar-refractivity contribution in [2.75, 3.05) is 19.6 Å². The fourth-order valence-corrected chi connectivity index (χ4v) is 2.31. The number of amides is 1. The van der Waals surface area contributed by atoms with Gasteiger partial charge in [0.2, 0.25) is 5.91 Å². The molecular formula is C13H22N4O. The molecule has 5 heteroatoms. The summed E-state index contributed by atoms with van der Waals surface area (Å²) in [4.78, 5) is 11.8. The first-order valence-corrected chi connectivity index (χ1v) is 6.56. The van der Waals surface area contributed by atoms with Crippen LogP contribution in [0.3, 0.4) is 0 Å². The molecule has 0 spiro atoms. The number of aromatic nitrogens is 2. The predicted octanol–water partition coefficient (Wildman–Crippen LogP) is 0.767. The fourth-order valence-electron chi connectivity index (χ4n) is 2.31. The first-order chi connectivity index (χ1) is 8.57. The van der Waals surface area contributed by atoms with E-state index >= 15 is 0 Å². The van der Waals surface area contributed by atoms with Gasteiger partial charge in [0.25, 0.3) is 0 Å². The van der Waals surface area contributed by atoms with Crippen LogP contribution in [0.25, 0.3) is 0 Å². The highest BCUT2D eigenvalue weighted by atomic mass is 16.1. The number of hydrogen-bond donors (Lipinski definition) is 3. The van der Waals surface area contributed by atoms with E-state index < -0.39 is 0 Å². The van der Waals surface area contributed by atoms with Crippen LogP contribution in [0.15, 0.2) is 6.07 Å². The molecule has 3 N–H and O–H groups in total. The number of carbonyl (C=O) groups excluding carboxylic acids is 1. The summed E-state index contributed by atoms with van der Waals surface area (Å²) < 4.78 is 0. The molecule has 0 radical (unpaired) electrons. The summed E-state index contributed by atoms with van der Waals surface area (Å²) in [5.41, 5.74) is 2.03. The van der Waals surface area contributed by atoms with E-state index in [9.17, 15) is 4.79 Å². The van der Waals surface area contributed by atoms with Crippen molar-refractivity contribution in [3.8, 4) is 0 Å². The van der Waals surface area contributed by atoms with Gasteiger partial charge in [-0.3, -0.25) is 9.89 Å². The van der Waals surface area contributed by atoms with E-state index in [0.29, 0.717) is 6.42 Å². The smallest absolute Gasteiger partial charge is 0.226 e. The number of H-pyrrole nitrogens is 1. The Bertz CT molecular complexity index is 407. The Kier molecular flexibility index (Phi) is 4.01. The van der Waals surface area contributed by atoms with Crippen LogP contribution in [0.1, 0.15) is 31.2 Å². The van der Waals surface area contributed by atoms with Gasteiger partial charge in [0, 0.05) is 12.2 Å². The molecule has 0 atom stereocenters. The first-order valence-electron chi connectivity index (χ1n) is 6.56. The lowest BCUT2D eigenvalue weighted by molar-refractivity contribution is -0.121. The number of piperidine rings is 1. The average molecular weight is 250 g/mol. The van der Waals surface area contributed by atoms with Crippen molar-refractivity contribution in [3.05, 3.63) is 17.5 Å². The lowest BCUT2D eigenvalue weighted by Crippen LogP contribution is -2.43. The van der Waals surface area contributed by atoms with E-state index in [2.05, 4.69) is 27.8 Å². The van der Waals surface area contributed by atoms with E-state index in [1.54, 1.807) is 0 Å². The topological polar surface area (TPSA) is 69.8 Å². The zero-order valence-corrected chi connectivity index (χ0v) is 11.2. The van der Waals surface area contributed by atoms with Crippen LogP contribution in [0.2, 0.25) is 0 Å². The van der Waals surface area contributed by atoms with Crippen molar-refractivity contribution in [1.82, 2.24) is 20.8 Å².